The summed E-state index contributed by atoms with van der Waals surface area (Å²) in [5.41, 5.74) is 1.00. The fourth-order valence-electron chi connectivity index (χ4n) is 1.02. The normalized spacial score (nSPS) is 9.92. The van der Waals surface area contributed by atoms with Crippen LogP contribution in [0.5, 0.6) is 0 Å². The molecule has 0 bridgehead atoms. The van der Waals surface area contributed by atoms with Crippen molar-refractivity contribution in [2.45, 2.75) is 18.2 Å². The molecule has 0 unspecified atom stereocenters. The maximum atomic E-state index is 10.8. The minimum Gasteiger partial charge on any atom is -0.300 e. The summed E-state index contributed by atoms with van der Waals surface area (Å²) in [6.45, 7) is 1.58. The smallest absolute Gasteiger partial charge is 0.134 e. The lowest BCUT2D eigenvalue weighted by atomic mass is 10.1. The minimum atomic E-state index is 0.167. The maximum absolute atomic E-state index is 10.8. The summed E-state index contributed by atoms with van der Waals surface area (Å²) in [6, 6.07) is 5.73. The lowest BCUT2D eigenvalue weighted by Crippen LogP contribution is -1.95. The van der Waals surface area contributed by atoms with Gasteiger partial charge in [0, 0.05) is 15.8 Å². The highest BCUT2D eigenvalue weighted by atomic mass is 79.9. The third kappa shape index (κ3) is 2.99. The van der Waals surface area contributed by atoms with Crippen molar-refractivity contribution in [3.63, 3.8) is 0 Å². The second kappa shape index (κ2) is 4.10. The molecule has 0 aliphatic rings. The number of carbonyl (C=O) groups excluding carboxylic acids is 1. The van der Waals surface area contributed by atoms with Crippen molar-refractivity contribution < 1.29 is 4.79 Å². The summed E-state index contributed by atoms with van der Waals surface area (Å²) in [6.07, 6.45) is 0.479. The Hall–Kier alpha value is -0.280. The molecule has 1 aromatic carbocycles. The molecule has 0 N–H and O–H groups in total. The van der Waals surface area contributed by atoms with Gasteiger partial charge in [-0.25, -0.2) is 0 Å². The van der Waals surface area contributed by atoms with Crippen molar-refractivity contribution in [3.05, 3.63) is 28.2 Å². The molecular formula is C9H9BrOS. The quantitative estimate of drug-likeness (QED) is 0.793. The van der Waals surface area contributed by atoms with Gasteiger partial charge in [-0.2, -0.15) is 0 Å². The number of rotatable bonds is 2. The number of ketones is 1. The van der Waals surface area contributed by atoms with E-state index < -0.39 is 0 Å². The van der Waals surface area contributed by atoms with Gasteiger partial charge in [0.15, 0.2) is 0 Å². The van der Waals surface area contributed by atoms with Gasteiger partial charge in [0.1, 0.15) is 5.78 Å². The van der Waals surface area contributed by atoms with Gasteiger partial charge in [-0.3, -0.25) is 4.79 Å². The van der Waals surface area contributed by atoms with Crippen molar-refractivity contribution in [3.8, 4) is 0 Å². The van der Waals surface area contributed by atoms with Gasteiger partial charge >= 0.3 is 0 Å². The van der Waals surface area contributed by atoms with Gasteiger partial charge in [0.05, 0.1) is 0 Å². The molecule has 1 nitrogen and oxygen atoms in total. The zero-order valence-electron chi connectivity index (χ0n) is 6.67. The zero-order valence-corrected chi connectivity index (χ0v) is 9.15. The number of benzene rings is 1. The minimum absolute atomic E-state index is 0.167. The van der Waals surface area contributed by atoms with Crippen molar-refractivity contribution in [2.24, 2.45) is 0 Å². The Morgan fingerprint density at radius 1 is 1.50 bits per heavy atom. The molecule has 0 spiro atoms. The number of Topliss-reactive ketones (excluding diaryl/α,β-unsaturated/α-hetero) is 1. The lowest BCUT2D eigenvalue weighted by molar-refractivity contribution is -0.116. The Balaban J connectivity index is 2.93. The van der Waals surface area contributed by atoms with Crippen LogP contribution in [0.1, 0.15) is 12.5 Å². The molecule has 3 heteroatoms. The molecule has 0 heterocycles. The molecule has 0 amide bonds. The average molecular weight is 245 g/mol. The van der Waals surface area contributed by atoms with Crippen LogP contribution in [0.2, 0.25) is 0 Å². The fraction of sp³-hybridized carbons (Fsp3) is 0.222. The van der Waals surface area contributed by atoms with Crippen molar-refractivity contribution >= 4 is 34.3 Å². The highest BCUT2D eigenvalue weighted by Crippen LogP contribution is 2.18. The molecule has 0 saturated carbocycles. The van der Waals surface area contributed by atoms with E-state index in [0.29, 0.717) is 6.42 Å². The van der Waals surface area contributed by atoms with E-state index in [0.717, 1.165) is 14.9 Å². The van der Waals surface area contributed by atoms with Gasteiger partial charge in [-0.1, -0.05) is 15.9 Å². The van der Waals surface area contributed by atoms with Crippen LogP contribution in [0.3, 0.4) is 0 Å². The monoisotopic (exact) mass is 244 g/mol. The highest BCUT2D eigenvalue weighted by Gasteiger charge is 1.99. The maximum Gasteiger partial charge on any atom is 0.134 e. The number of thiol groups is 1. The Kier molecular flexibility index (Phi) is 3.35. The van der Waals surface area contributed by atoms with E-state index in [2.05, 4.69) is 28.6 Å². The van der Waals surface area contributed by atoms with Crippen molar-refractivity contribution in [1.29, 1.82) is 0 Å². The van der Waals surface area contributed by atoms with Gasteiger partial charge < -0.3 is 0 Å². The molecule has 0 atom stereocenters. The second-order valence-corrected chi connectivity index (χ2v) is 4.13. The molecule has 64 valence electrons. The van der Waals surface area contributed by atoms with Gasteiger partial charge in [0.25, 0.3) is 0 Å². The lowest BCUT2D eigenvalue weighted by Gasteiger charge is -2.00. The topological polar surface area (TPSA) is 17.1 Å². The first kappa shape index (κ1) is 9.81. The van der Waals surface area contributed by atoms with Gasteiger partial charge in [-0.05, 0) is 30.7 Å². The zero-order chi connectivity index (χ0) is 9.14. The van der Waals surface area contributed by atoms with Crippen LogP contribution < -0.4 is 0 Å². The van der Waals surface area contributed by atoms with E-state index in [1.54, 1.807) is 6.92 Å². The highest BCUT2D eigenvalue weighted by molar-refractivity contribution is 9.10. The largest absolute Gasteiger partial charge is 0.300 e. The Morgan fingerprint density at radius 3 is 2.67 bits per heavy atom. The molecule has 0 radical (unpaired) electrons. The summed E-state index contributed by atoms with van der Waals surface area (Å²) in [7, 11) is 0. The summed E-state index contributed by atoms with van der Waals surface area (Å²) in [5, 5.41) is 0. The second-order valence-electron chi connectivity index (χ2n) is 2.70. The van der Waals surface area contributed by atoms with Crippen molar-refractivity contribution in [2.75, 3.05) is 0 Å². The predicted octanol–water partition coefficient (Wildman–Crippen LogP) is 2.87. The molecule has 0 aliphatic heterocycles. The van der Waals surface area contributed by atoms with E-state index in [-0.39, 0.29) is 5.78 Å². The molecule has 12 heavy (non-hydrogen) atoms. The molecular weight excluding hydrogens is 236 g/mol. The van der Waals surface area contributed by atoms with Crippen LogP contribution in [-0.2, 0) is 11.2 Å². The number of hydrogen-bond donors (Lipinski definition) is 1. The Labute approximate surface area is 85.7 Å². The molecule has 1 rings (SSSR count). The SMILES string of the molecule is CC(=O)Cc1cc(S)cc(Br)c1. The van der Waals surface area contributed by atoms with E-state index in [9.17, 15) is 4.79 Å². The molecule has 0 aromatic heterocycles. The first-order valence-corrected chi connectivity index (χ1v) is 4.80. The molecule has 0 saturated heterocycles. The number of halogens is 1. The van der Waals surface area contributed by atoms with Crippen LogP contribution in [0.4, 0.5) is 0 Å². The number of hydrogen-bond acceptors (Lipinski definition) is 2. The number of carbonyl (C=O) groups is 1. The van der Waals surface area contributed by atoms with E-state index in [4.69, 9.17) is 0 Å². The van der Waals surface area contributed by atoms with E-state index >= 15 is 0 Å². The molecule has 0 fully saturated rings. The van der Waals surface area contributed by atoms with Crippen LogP contribution in [0.15, 0.2) is 27.6 Å². The Bertz CT molecular complexity index is 289. The summed E-state index contributed by atoms with van der Waals surface area (Å²) < 4.78 is 0.964. The first-order chi connectivity index (χ1) is 5.58. The molecule has 0 aliphatic carbocycles. The summed E-state index contributed by atoms with van der Waals surface area (Å²) >= 11 is 7.55. The van der Waals surface area contributed by atoms with Crippen LogP contribution >= 0.6 is 28.6 Å². The fourth-order valence-corrected chi connectivity index (χ4v) is 2.05. The standard InChI is InChI=1S/C9H9BrOS/c1-6(11)2-7-3-8(10)5-9(12)4-7/h3-5,12H,2H2,1H3. The third-order valence-corrected chi connectivity index (χ3v) is 2.11. The first-order valence-electron chi connectivity index (χ1n) is 3.56. The van der Waals surface area contributed by atoms with Crippen LogP contribution in [0, 0.1) is 0 Å². The third-order valence-electron chi connectivity index (χ3n) is 1.40. The molecule has 1 aromatic rings. The van der Waals surface area contributed by atoms with E-state index in [1.165, 1.54) is 0 Å². The average Bonchev–Trinajstić information content (AvgIpc) is 1.81. The summed E-state index contributed by atoms with van der Waals surface area (Å²) in [4.78, 5) is 11.7. The van der Waals surface area contributed by atoms with Crippen molar-refractivity contribution in [1.82, 2.24) is 0 Å². The predicted molar refractivity (Wildman–Crippen MR) is 55.8 cm³/mol. The van der Waals surface area contributed by atoms with Gasteiger partial charge in [0.2, 0.25) is 0 Å². The Morgan fingerprint density at radius 2 is 2.17 bits per heavy atom. The summed E-state index contributed by atoms with van der Waals surface area (Å²) in [5.74, 6) is 0.167. The van der Waals surface area contributed by atoms with Gasteiger partial charge in [-0.15, -0.1) is 12.6 Å². The van der Waals surface area contributed by atoms with E-state index in [1.807, 2.05) is 18.2 Å². The van der Waals surface area contributed by atoms with Crippen LogP contribution in [-0.4, -0.2) is 5.78 Å². The van der Waals surface area contributed by atoms with Crippen LogP contribution in [0.25, 0.3) is 0 Å².